The molecule has 17 heteroatoms. The van der Waals surface area contributed by atoms with Gasteiger partial charge in [-0.2, -0.15) is 8.78 Å². The van der Waals surface area contributed by atoms with E-state index in [1.54, 1.807) is 30.5 Å². The highest BCUT2D eigenvalue weighted by Crippen LogP contribution is 2.44. The Bertz CT molecular complexity index is 2630. The molecule has 1 unspecified atom stereocenters. The van der Waals surface area contributed by atoms with Crippen LogP contribution in [0.2, 0.25) is 5.02 Å². The third-order valence-corrected chi connectivity index (χ3v) is 14.6. The van der Waals surface area contributed by atoms with Crippen LogP contribution in [0.3, 0.4) is 0 Å². The Morgan fingerprint density at radius 2 is 1.73 bits per heavy atom. The number of piperazine rings is 1. The number of fused-ring (bicyclic) bond motifs is 1. The maximum atomic E-state index is 14.2. The second-order valence-corrected chi connectivity index (χ2v) is 21.4. The van der Waals surface area contributed by atoms with E-state index < -0.39 is 41.2 Å². The van der Waals surface area contributed by atoms with Crippen LogP contribution in [0.5, 0.6) is 11.5 Å². The lowest BCUT2D eigenvalue weighted by molar-refractivity contribution is 0.0979. The number of halogens is 4. The largest absolute Gasteiger partial charge is 0.456 e. The molecule has 1 saturated heterocycles. The van der Waals surface area contributed by atoms with Gasteiger partial charge in [0.15, 0.2) is 0 Å². The molecule has 0 saturated carbocycles. The summed E-state index contributed by atoms with van der Waals surface area (Å²) in [6.07, 6.45) is 5.57. The van der Waals surface area contributed by atoms with Gasteiger partial charge in [0, 0.05) is 73.1 Å². The molecule has 11 nitrogen and oxygen atoms in total. The number of hydrogen-bond donors (Lipinski definition) is 3. The first-order valence-corrected chi connectivity index (χ1v) is 24.2. The van der Waals surface area contributed by atoms with E-state index in [4.69, 9.17) is 27.9 Å². The maximum Gasteiger partial charge on any atom is 0.402 e. The van der Waals surface area contributed by atoms with E-state index in [1.807, 2.05) is 43.3 Å². The monoisotopic (exact) mass is 940 g/mol. The van der Waals surface area contributed by atoms with Crippen molar-refractivity contribution in [3.63, 3.8) is 0 Å². The van der Waals surface area contributed by atoms with Gasteiger partial charge in [-0.1, -0.05) is 43.2 Å². The van der Waals surface area contributed by atoms with E-state index >= 15 is 0 Å². The summed E-state index contributed by atoms with van der Waals surface area (Å²) in [7, 11) is -4.06. The second kappa shape index (κ2) is 19.3. The summed E-state index contributed by atoms with van der Waals surface area (Å²) in [5.74, 6) is -0.481. The van der Waals surface area contributed by atoms with Crippen LogP contribution < -0.4 is 19.7 Å². The standard InChI is InChI=1S/C46H52Cl2F2N6O5S2/c1-45(2)18-16-33(39(29-45)31-6-8-34(47)9-7-31)30-55-22-24-56(25-23-55)35-10-13-38(42(27-35)61-36-11-14-40-32(26-36)17-20-52-40)44(57)53-63(59,60)37-12-15-41(51-19-5-21-54(3)4)43(28-37)62(58)46(48,49)50/h6-15,17,20,26-28,51-52H,5,16,18-19,21-25,29-30H2,1-4H3,(H,53,57). The molecule has 1 fully saturated rings. The number of benzene rings is 4. The van der Waals surface area contributed by atoms with Crippen molar-refractivity contribution in [2.75, 3.05) is 70.1 Å². The van der Waals surface area contributed by atoms with Crippen LogP contribution in [0.4, 0.5) is 20.2 Å². The van der Waals surface area contributed by atoms with Gasteiger partial charge in [0.2, 0.25) is 0 Å². The average Bonchev–Trinajstić information content (AvgIpc) is 3.71. The summed E-state index contributed by atoms with van der Waals surface area (Å²) in [5.41, 5.74) is 5.90. The lowest BCUT2D eigenvalue weighted by Gasteiger charge is -2.39. The van der Waals surface area contributed by atoms with E-state index in [2.05, 4.69) is 50.8 Å². The second-order valence-electron chi connectivity index (χ2n) is 17.1. The molecule has 63 heavy (non-hydrogen) atoms. The number of H-pyrrole nitrogens is 1. The molecule has 4 aromatic carbocycles. The SMILES string of the molecule is CN(C)CCCNc1ccc(S(=O)(=O)NC(=O)c2ccc(N3CCN(CC4=C(c5ccc(Cl)cc5)CC(C)(C)CC4)CC3)cc2Oc2ccc3[nH]ccc3c2)cc1S(=O)C(F)(F)Cl. The molecular weight excluding hydrogens is 890 g/mol. The zero-order valence-electron chi connectivity index (χ0n) is 35.6. The topological polar surface area (TPSA) is 127 Å². The number of carbonyl (C=O) groups excluding carboxylic acids is 1. The van der Waals surface area contributed by atoms with Gasteiger partial charge in [0.1, 0.15) is 22.3 Å². The number of aromatic amines is 1. The van der Waals surface area contributed by atoms with Crippen molar-refractivity contribution in [3.8, 4) is 11.5 Å². The predicted octanol–water partition coefficient (Wildman–Crippen LogP) is 9.78. The summed E-state index contributed by atoms with van der Waals surface area (Å²) in [6, 6.07) is 23.6. The molecule has 1 aromatic heterocycles. The summed E-state index contributed by atoms with van der Waals surface area (Å²) in [4.78, 5) is 22.7. The molecule has 2 aliphatic rings. The van der Waals surface area contributed by atoms with Crippen molar-refractivity contribution < 1.29 is 30.9 Å². The molecule has 0 bridgehead atoms. The van der Waals surface area contributed by atoms with E-state index in [1.165, 1.54) is 28.8 Å². The Morgan fingerprint density at radius 3 is 2.44 bits per heavy atom. The van der Waals surface area contributed by atoms with E-state index in [0.717, 1.165) is 72.6 Å². The fourth-order valence-corrected chi connectivity index (χ4v) is 10.3. The van der Waals surface area contributed by atoms with Crippen LogP contribution in [0.25, 0.3) is 16.5 Å². The first-order valence-electron chi connectivity index (χ1n) is 20.8. The van der Waals surface area contributed by atoms with Crippen LogP contribution >= 0.6 is 23.2 Å². The highest BCUT2D eigenvalue weighted by molar-refractivity contribution is 7.90. The van der Waals surface area contributed by atoms with Gasteiger partial charge >= 0.3 is 4.71 Å². The lowest BCUT2D eigenvalue weighted by atomic mass is 9.72. The van der Waals surface area contributed by atoms with E-state index in [9.17, 15) is 26.2 Å². The zero-order valence-corrected chi connectivity index (χ0v) is 38.8. The van der Waals surface area contributed by atoms with Gasteiger partial charge in [-0.05, 0) is 141 Å². The van der Waals surface area contributed by atoms with E-state index in [-0.39, 0.29) is 22.4 Å². The van der Waals surface area contributed by atoms with Crippen LogP contribution in [0.1, 0.15) is 55.5 Å². The Hall–Kier alpha value is -4.51. The van der Waals surface area contributed by atoms with Gasteiger partial charge in [0.25, 0.3) is 15.9 Å². The average molecular weight is 942 g/mol. The molecule has 336 valence electrons. The molecule has 1 aliphatic heterocycles. The minimum Gasteiger partial charge on any atom is -0.456 e. The summed E-state index contributed by atoms with van der Waals surface area (Å²) in [6.45, 7) is 9.53. The van der Waals surface area contributed by atoms with Crippen LogP contribution in [-0.2, 0) is 20.8 Å². The number of aromatic nitrogens is 1. The fourth-order valence-electron chi connectivity index (χ4n) is 8.05. The number of sulfonamides is 1. The number of amides is 1. The van der Waals surface area contributed by atoms with Gasteiger partial charge in [-0.25, -0.2) is 17.3 Å². The number of alkyl halides is 3. The zero-order chi connectivity index (χ0) is 45.1. The first kappa shape index (κ1) is 46.5. The van der Waals surface area contributed by atoms with Crippen LogP contribution in [0.15, 0.2) is 106 Å². The fraction of sp³-hybridized carbons (Fsp3) is 0.370. The summed E-state index contributed by atoms with van der Waals surface area (Å²) < 4.78 is 73.0. The smallest absolute Gasteiger partial charge is 0.402 e. The molecule has 3 N–H and O–H groups in total. The normalized spacial score (nSPS) is 16.7. The molecule has 0 radical (unpaired) electrons. The first-order chi connectivity index (χ1) is 29.8. The van der Waals surface area contributed by atoms with Gasteiger partial charge in [0.05, 0.1) is 21.0 Å². The molecule has 0 spiro atoms. The van der Waals surface area contributed by atoms with Gasteiger partial charge < -0.3 is 24.8 Å². The number of allylic oxidation sites excluding steroid dienone is 1. The predicted molar refractivity (Wildman–Crippen MR) is 249 cm³/mol. The van der Waals surface area contributed by atoms with Crippen LogP contribution in [-0.4, -0.2) is 97.9 Å². The number of nitrogens with one attached hydrogen (secondary N) is 3. The molecule has 7 rings (SSSR count). The highest BCUT2D eigenvalue weighted by atomic mass is 35.5. The van der Waals surface area contributed by atoms with Crippen molar-refractivity contribution in [1.82, 2.24) is 19.5 Å². The summed E-state index contributed by atoms with van der Waals surface area (Å²) >= 11 is 11.4. The van der Waals surface area contributed by atoms with E-state index in [0.29, 0.717) is 38.3 Å². The van der Waals surface area contributed by atoms with Crippen molar-refractivity contribution in [1.29, 1.82) is 0 Å². The number of carbonyl (C=O) groups is 1. The van der Waals surface area contributed by atoms with Crippen molar-refractivity contribution in [2.24, 2.45) is 5.41 Å². The number of hydrogen-bond acceptors (Lipinski definition) is 9. The van der Waals surface area contributed by atoms with Crippen molar-refractivity contribution >= 4 is 77.8 Å². The highest BCUT2D eigenvalue weighted by Gasteiger charge is 2.37. The Morgan fingerprint density at radius 1 is 0.984 bits per heavy atom. The number of anilines is 2. The Kier molecular flexibility index (Phi) is 14.2. The van der Waals surface area contributed by atoms with Crippen molar-refractivity contribution in [3.05, 3.63) is 113 Å². The molecule has 1 amide bonds. The molecule has 1 aliphatic carbocycles. The Labute approximate surface area is 380 Å². The minimum absolute atomic E-state index is 0.0296. The minimum atomic E-state index is -4.69. The van der Waals surface area contributed by atoms with Gasteiger partial charge in [-0.15, -0.1) is 0 Å². The molecule has 5 aromatic rings. The third kappa shape index (κ3) is 11.6. The number of ether oxygens (including phenoxy) is 1. The molecular formula is C46H52Cl2F2N6O5S2. The lowest BCUT2D eigenvalue weighted by Crippen LogP contribution is -2.47. The third-order valence-electron chi connectivity index (χ3n) is 11.5. The van der Waals surface area contributed by atoms with Gasteiger partial charge in [-0.3, -0.25) is 9.69 Å². The molecule has 1 atom stereocenters. The quantitative estimate of drug-likeness (QED) is 0.0655. The van der Waals surface area contributed by atoms with Crippen molar-refractivity contribution in [2.45, 2.75) is 54.0 Å². The molecule has 2 heterocycles. The Balaban J connectivity index is 1.12. The summed E-state index contributed by atoms with van der Waals surface area (Å²) in [5, 5.41) is 4.54. The van der Waals surface area contributed by atoms with Crippen LogP contribution in [0, 0.1) is 5.41 Å². The number of rotatable bonds is 16. The maximum absolute atomic E-state index is 14.2. The number of nitrogens with zero attached hydrogens (tertiary/aromatic N) is 3.